The van der Waals surface area contributed by atoms with Crippen molar-refractivity contribution in [1.29, 1.82) is 5.41 Å². The number of nitrogen functional groups attached to an aromatic ring is 1. The number of nitrogens with two attached hydrogens (primary N) is 1. The highest BCUT2D eigenvalue weighted by Gasteiger charge is 1.93. The molecule has 0 spiro atoms. The van der Waals surface area contributed by atoms with Crippen molar-refractivity contribution in [2.24, 2.45) is 0 Å². The van der Waals surface area contributed by atoms with Gasteiger partial charge in [0.1, 0.15) is 0 Å². The van der Waals surface area contributed by atoms with Gasteiger partial charge in [-0.15, -0.1) is 0 Å². The van der Waals surface area contributed by atoms with E-state index in [1.54, 1.807) is 0 Å². The molecule has 0 aromatic heterocycles. The van der Waals surface area contributed by atoms with E-state index in [1.807, 2.05) is 18.2 Å². The van der Waals surface area contributed by atoms with Crippen LogP contribution >= 0.6 is 22.6 Å². The molecule has 0 unspecified atom stereocenters. The van der Waals surface area contributed by atoms with Crippen LogP contribution in [0, 0.1) is 8.98 Å². The van der Waals surface area contributed by atoms with Crippen LogP contribution in [0.2, 0.25) is 0 Å². The Morgan fingerprint density at radius 1 is 1.50 bits per heavy atom. The van der Waals surface area contributed by atoms with Crippen molar-refractivity contribution in [1.82, 2.24) is 0 Å². The Bertz CT molecular complexity index is 258. The summed E-state index contributed by atoms with van der Waals surface area (Å²) in [5, 5.41) is 6.95. The number of hydrogen-bond donors (Lipinski definition) is 2. The summed E-state index contributed by atoms with van der Waals surface area (Å²) < 4.78 is 1.10. The van der Waals surface area contributed by atoms with E-state index in [1.165, 1.54) is 6.21 Å². The summed E-state index contributed by atoms with van der Waals surface area (Å²) in [7, 11) is 0. The van der Waals surface area contributed by atoms with Gasteiger partial charge in [0.15, 0.2) is 0 Å². The average molecular weight is 246 g/mol. The molecular formula is C7H7IN2. The van der Waals surface area contributed by atoms with Crippen LogP contribution in [0.25, 0.3) is 0 Å². The van der Waals surface area contributed by atoms with E-state index in [9.17, 15) is 0 Å². The zero-order valence-electron chi connectivity index (χ0n) is 5.26. The van der Waals surface area contributed by atoms with Crippen LogP contribution in [0.4, 0.5) is 5.69 Å². The average Bonchev–Trinajstić information content (AvgIpc) is 1.88. The van der Waals surface area contributed by atoms with Gasteiger partial charge in [-0.1, -0.05) is 6.07 Å². The molecule has 1 aromatic rings. The molecule has 1 aromatic carbocycles. The highest BCUT2D eigenvalue weighted by molar-refractivity contribution is 14.1. The molecule has 0 aliphatic rings. The second kappa shape index (κ2) is 3.01. The lowest BCUT2D eigenvalue weighted by Gasteiger charge is -1.97. The normalized spacial score (nSPS) is 9.30. The van der Waals surface area contributed by atoms with E-state index in [0.29, 0.717) is 5.69 Å². The predicted molar refractivity (Wildman–Crippen MR) is 51.5 cm³/mol. The van der Waals surface area contributed by atoms with E-state index in [4.69, 9.17) is 11.1 Å². The van der Waals surface area contributed by atoms with E-state index in [-0.39, 0.29) is 0 Å². The van der Waals surface area contributed by atoms with Crippen molar-refractivity contribution in [3.05, 3.63) is 27.3 Å². The van der Waals surface area contributed by atoms with Crippen LogP contribution in [-0.4, -0.2) is 6.21 Å². The number of hydrogen-bond acceptors (Lipinski definition) is 2. The highest BCUT2D eigenvalue weighted by Crippen LogP contribution is 2.13. The molecule has 0 aliphatic heterocycles. The van der Waals surface area contributed by atoms with E-state index < -0.39 is 0 Å². The van der Waals surface area contributed by atoms with Crippen molar-refractivity contribution in [2.75, 3.05) is 5.73 Å². The molecule has 0 saturated carbocycles. The molecule has 3 N–H and O–H groups in total. The molecule has 0 heterocycles. The fraction of sp³-hybridized carbons (Fsp3) is 0. The lowest BCUT2D eigenvalue weighted by molar-refractivity contribution is 1.53. The Labute approximate surface area is 73.1 Å². The molecule has 3 heteroatoms. The van der Waals surface area contributed by atoms with Crippen molar-refractivity contribution in [3.8, 4) is 0 Å². The monoisotopic (exact) mass is 246 g/mol. The van der Waals surface area contributed by atoms with Crippen molar-refractivity contribution in [2.45, 2.75) is 0 Å². The first kappa shape index (κ1) is 7.53. The van der Waals surface area contributed by atoms with Gasteiger partial charge in [0, 0.05) is 21.0 Å². The van der Waals surface area contributed by atoms with E-state index in [2.05, 4.69) is 22.6 Å². The lowest BCUT2D eigenvalue weighted by Crippen LogP contribution is -1.92. The third kappa shape index (κ3) is 1.47. The maximum atomic E-state index is 6.95. The van der Waals surface area contributed by atoms with Gasteiger partial charge in [-0.25, -0.2) is 0 Å². The summed E-state index contributed by atoms with van der Waals surface area (Å²) in [6.07, 6.45) is 1.26. The summed E-state index contributed by atoms with van der Waals surface area (Å²) in [5.41, 5.74) is 7.02. The highest BCUT2D eigenvalue weighted by atomic mass is 127. The standard InChI is InChI=1S/C7H7IN2/c8-6-2-1-5(4-9)7(10)3-6/h1-4,9H,10H2. The Balaban J connectivity index is 3.19. The third-order valence-electron chi connectivity index (χ3n) is 1.20. The van der Waals surface area contributed by atoms with E-state index in [0.717, 1.165) is 9.13 Å². The molecule has 0 radical (unpaired) electrons. The molecule has 52 valence electrons. The smallest absolute Gasteiger partial charge is 0.0413 e. The summed E-state index contributed by atoms with van der Waals surface area (Å²) >= 11 is 2.18. The van der Waals surface area contributed by atoms with Gasteiger partial charge in [-0.2, -0.15) is 0 Å². The second-order valence-electron chi connectivity index (χ2n) is 1.92. The van der Waals surface area contributed by atoms with E-state index >= 15 is 0 Å². The number of benzene rings is 1. The topological polar surface area (TPSA) is 49.9 Å². The molecule has 1 rings (SSSR count). The maximum absolute atomic E-state index is 6.95. The van der Waals surface area contributed by atoms with Crippen molar-refractivity contribution in [3.63, 3.8) is 0 Å². The first-order valence-corrected chi connectivity index (χ1v) is 3.87. The minimum atomic E-state index is 0.668. The number of rotatable bonds is 1. The van der Waals surface area contributed by atoms with Gasteiger partial charge < -0.3 is 11.1 Å². The summed E-state index contributed by atoms with van der Waals surface area (Å²) in [4.78, 5) is 0. The molecule has 0 saturated heterocycles. The Hall–Kier alpha value is -0.580. The molecule has 0 atom stereocenters. The fourth-order valence-electron chi connectivity index (χ4n) is 0.677. The second-order valence-corrected chi connectivity index (χ2v) is 3.16. The van der Waals surface area contributed by atoms with Crippen molar-refractivity contribution >= 4 is 34.5 Å². The Kier molecular flexibility index (Phi) is 2.26. The predicted octanol–water partition coefficient (Wildman–Crippen LogP) is 1.87. The maximum Gasteiger partial charge on any atom is 0.0413 e. The van der Waals surface area contributed by atoms with Crippen LogP contribution in [0.1, 0.15) is 5.56 Å². The van der Waals surface area contributed by atoms with Gasteiger partial charge in [-0.05, 0) is 34.7 Å². The molecule has 0 amide bonds. The van der Waals surface area contributed by atoms with Crippen LogP contribution in [0.3, 0.4) is 0 Å². The SMILES string of the molecule is N=Cc1ccc(I)cc1N. The zero-order chi connectivity index (χ0) is 7.56. The Morgan fingerprint density at radius 3 is 2.70 bits per heavy atom. The number of anilines is 1. The largest absolute Gasteiger partial charge is 0.398 e. The van der Waals surface area contributed by atoms with Crippen LogP contribution in [0.15, 0.2) is 18.2 Å². The minimum Gasteiger partial charge on any atom is -0.398 e. The first-order chi connectivity index (χ1) is 4.74. The summed E-state index contributed by atoms with van der Waals surface area (Å²) in [6, 6.07) is 5.61. The molecule has 10 heavy (non-hydrogen) atoms. The molecule has 0 bridgehead atoms. The zero-order valence-corrected chi connectivity index (χ0v) is 7.42. The summed E-state index contributed by atoms with van der Waals surface area (Å²) in [6.45, 7) is 0. The van der Waals surface area contributed by atoms with Crippen LogP contribution < -0.4 is 5.73 Å². The van der Waals surface area contributed by atoms with Crippen molar-refractivity contribution < 1.29 is 0 Å². The molecule has 0 fully saturated rings. The minimum absolute atomic E-state index is 0.668. The third-order valence-corrected chi connectivity index (χ3v) is 1.88. The van der Waals surface area contributed by atoms with Gasteiger partial charge in [0.05, 0.1) is 0 Å². The number of nitrogens with one attached hydrogen (secondary N) is 1. The molecular weight excluding hydrogens is 239 g/mol. The number of halogens is 1. The fourth-order valence-corrected chi connectivity index (χ4v) is 1.19. The van der Waals surface area contributed by atoms with Crippen LogP contribution in [-0.2, 0) is 0 Å². The van der Waals surface area contributed by atoms with Gasteiger partial charge in [0.2, 0.25) is 0 Å². The quantitative estimate of drug-likeness (QED) is 0.443. The van der Waals surface area contributed by atoms with Gasteiger partial charge >= 0.3 is 0 Å². The van der Waals surface area contributed by atoms with Crippen LogP contribution in [0.5, 0.6) is 0 Å². The van der Waals surface area contributed by atoms with Gasteiger partial charge in [-0.3, -0.25) is 0 Å². The van der Waals surface area contributed by atoms with Gasteiger partial charge in [0.25, 0.3) is 0 Å². The summed E-state index contributed by atoms with van der Waals surface area (Å²) in [5.74, 6) is 0. The molecule has 2 nitrogen and oxygen atoms in total. The molecule has 0 aliphatic carbocycles. The first-order valence-electron chi connectivity index (χ1n) is 2.79. The Morgan fingerprint density at radius 2 is 2.20 bits per heavy atom. The lowest BCUT2D eigenvalue weighted by atomic mass is 10.2.